The zero-order chi connectivity index (χ0) is 20.1. The van der Waals surface area contributed by atoms with Crippen LogP contribution in [0, 0.1) is 0 Å². The highest BCUT2D eigenvalue weighted by atomic mass is 16.5. The Morgan fingerprint density at radius 1 is 1.00 bits per heavy atom. The summed E-state index contributed by atoms with van der Waals surface area (Å²) in [5, 5.41) is 6.32. The number of hydrazone groups is 1. The van der Waals surface area contributed by atoms with Gasteiger partial charge in [0.05, 0.1) is 6.21 Å². The van der Waals surface area contributed by atoms with Crippen LogP contribution in [0.25, 0.3) is 10.8 Å². The number of hydrogen-bond acceptors (Lipinski definition) is 3. The first kappa shape index (κ1) is 19.6. The van der Waals surface area contributed by atoms with Gasteiger partial charge < -0.3 is 4.74 Å². The van der Waals surface area contributed by atoms with Crippen LogP contribution in [0.15, 0.2) is 71.8 Å². The lowest BCUT2D eigenvalue weighted by Crippen LogP contribution is -2.33. The van der Waals surface area contributed by atoms with Crippen LogP contribution in [0.3, 0.4) is 0 Å². The first-order chi connectivity index (χ1) is 13.3. The van der Waals surface area contributed by atoms with E-state index < -0.39 is 6.10 Å². The molecule has 0 aromatic heterocycles. The van der Waals surface area contributed by atoms with Gasteiger partial charge in [0.15, 0.2) is 6.10 Å². The standard InChI is InChI=1S/C24H26N2O2/c1-17(28-21-14-12-20(13-15-21)24(2,3)4)23(27)26-25-16-19-10-7-9-18-8-5-6-11-22(18)19/h5-17H,1-4H3,(H,26,27)/b25-16+. The lowest BCUT2D eigenvalue weighted by Gasteiger charge is -2.20. The lowest BCUT2D eigenvalue weighted by atomic mass is 9.87. The van der Waals surface area contributed by atoms with Crippen LogP contribution in [-0.4, -0.2) is 18.2 Å². The maximum absolute atomic E-state index is 12.3. The molecule has 3 aromatic carbocycles. The van der Waals surface area contributed by atoms with Gasteiger partial charge in [0.1, 0.15) is 5.75 Å². The second kappa shape index (κ2) is 8.26. The van der Waals surface area contributed by atoms with Crippen LogP contribution in [0.1, 0.15) is 38.8 Å². The molecular weight excluding hydrogens is 348 g/mol. The van der Waals surface area contributed by atoms with Crippen LogP contribution in [0.5, 0.6) is 5.75 Å². The highest BCUT2D eigenvalue weighted by Crippen LogP contribution is 2.24. The summed E-state index contributed by atoms with van der Waals surface area (Å²) in [6.07, 6.45) is 1.01. The maximum atomic E-state index is 12.3. The van der Waals surface area contributed by atoms with Gasteiger partial charge in [-0.25, -0.2) is 5.43 Å². The Morgan fingerprint density at radius 2 is 1.68 bits per heavy atom. The number of fused-ring (bicyclic) bond motifs is 1. The van der Waals surface area contributed by atoms with Gasteiger partial charge in [-0.05, 0) is 40.8 Å². The monoisotopic (exact) mass is 374 g/mol. The van der Waals surface area contributed by atoms with Crippen molar-refractivity contribution in [3.8, 4) is 5.75 Å². The van der Waals surface area contributed by atoms with Crippen molar-refractivity contribution in [1.29, 1.82) is 0 Å². The minimum absolute atomic E-state index is 0.0812. The minimum Gasteiger partial charge on any atom is -0.481 e. The quantitative estimate of drug-likeness (QED) is 0.501. The number of hydrogen-bond donors (Lipinski definition) is 1. The molecule has 0 saturated heterocycles. The predicted molar refractivity (Wildman–Crippen MR) is 115 cm³/mol. The van der Waals surface area contributed by atoms with Crippen LogP contribution in [0.4, 0.5) is 0 Å². The molecule has 3 aromatic rings. The fourth-order valence-corrected chi connectivity index (χ4v) is 2.91. The minimum atomic E-state index is -0.648. The predicted octanol–water partition coefficient (Wildman–Crippen LogP) is 5.05. The van der Waals surface area contributed by atoms with Crippen LogP contribution in [-0.2, 0) is 10.2 Å². The van der Waals surface area contributed by atoms with Crippen molar-refractivity contribution >= 4 is 22.9 Å². The average molecular weight is 374 g/mol. The van der Waals surface area contributed by atoms with Gasteiger partial charge in [0.25, 0.3) is 5.91 Å². The molecule has 0 aliphatic carbocycles. The van der Waals surface area contributed by atoms with Gasteiger partial charge in [-0.2, -0.15) is 5.10 Å². The molecule has 0 aliphatic heterocycles. The Labute approximate surface area is 166 Å². The number of carbonyl (C=O) groups excluding carboxylic acids is 1. The van der Waals surface area contributed by atoms with Crippen LogP contribution in [0.2, 0.25) is 0 Å². The third-order valence-corrected chi connectivity index (χ3v) is 4.60. The van der Waals surface area contributed by atoms with Crippen molar-refractivity contribution in [3.05, 3.63) is 77.9 Å². The average Bonchev–Trinajstić information content (AvgIpc) is 2.67. The van der Waals surface area contributed by atoms with Gasteiger partial charge in [-0.15, -0.1) is 0 Å². The molecule has 1 atom stereocenters. The lowest BCUT2D eigenvalue weighted by molar-refractivity contribution is -0.127. The van der Waals surface area contributed by atoms with Crippen molar-refractivity contribution in [2.75, 3.05) is 0 Å². The van der Waals surface area contributed by atoms with Gasteiger partial charge >= 0.3 is 0 Å². The molecule has 0 radical (unpaired) electrons. The topological polar surface area (TPSA) is 50.7 Å². The highest BCUT2D eigenvalue weighted by molar-refractivity contribution is 6.00. The molecule has 0 spiro atoms. The Bertz CT molecular complexity index is 980. The third-order valence-electron chi connectivity index (χ3n) is 4.60. The number of nitrogens with zero attached hydrogens (tertiary/aromatic N) is 1. The summed E-state index contributed by atoms with van der Waals surface area (Å²) in [5.74, 6) is 0.366. The molecule has 0 fully saturated rings. The van der Waals surface area contributed by atoms with Gasteiger partial charge in [0.2, 0.25) is 0 Å². The zero-order valence-corrected chi connectivity index (χ0v) is 16.8. The number of amides is 1. The Hall–Kier alpha value is -3.14. The van der Waals surface area contributed by atoms with E-state index in [-0.39, 0.29) is 11.3 Å². The molecule has 4 nitrogen and oxygen atoms in total. The molecule has 4 heteroatoms. The third kappa shape index (κ3) is 4.77. The van der Waals surface area contributed by atoms with Crippen LogP contribution >= 0.6 is 0 Å². The van der Waals surface area contributed by atoms with E-state index in [9.17, 15) is 4.79 Å². The first-order valence-electron chi connectivity index (χ1n) is 9.42. The molecule has 0 heterocycles. The second-order valence-electron chi connectivity index (χ2n) is 7.84. The first-order valence-corrected chi connectivity index (χ1v) is 9.42. The number of carbonyl (C=O) groups is 1. The molecule has 1 N–H and O–H groups in total. The second-order valence-corrected chi connectivity index (χ2v) is 7.84. The van der Waals surface area contributed by atoms with Crippen molar-refractivity contribution in [2.24, 2.45) is 5.10 Å². The van der Waals surface area contributed by atoms with E-state index >= 15 is 0 Å². The molecule has 1 unspecified atom stereocenters. The summed E-state index contributed by atoms with van der Waals surface area (Å²) in [4.78, 5) is 12.3. The Balaban J connectivity index is 1.60. The molecule has 1 amide bonds. The van der Waals surface area contributed by atoms with Crippen molar-refractivity contribution < 1.29 is 9.53 Å². The largest absolute Gasteiger partial charge is 0.481 e. The smallest absolute Gasteiger partial charge is 0.280 e. The number of benzene rings is 3. The van der Waals surface area contributed by atoms with E-state index in [1.807, 2.05) is 66.7 Å². The highest BCUT2D eigenvalue weighted by Gasteiger charge is 2.16. The molecule has 144 valence electrons. The summed E-state index contributed by atoms with van der Waals surface area (Å²) in [6.45, 7) is 8.19. The van der Waals surface area contributed by atoms with E-state index in [4.69, 9.17) is 4.74 Å². The molecule has 0 bridgehead atoms. The maximum Gasteiger partial charge on any atom is 0.280 e. The van der Waals surface area contributed by atoms with E-state index in [0.29, 0.717) is 5.75 Å². The molecule has 0 saturated carbocycles. The fraction of sp³-hybridized carbons (Fsp3) is 0.250. The van der Waals surface area contributed by atoms with E-state index in [0.717, 1.165) is 16.3 Å². The Kier molecular flexibility index (Phi) is 5.78. The summed E-state index contributed by atoms with van der Waals surface area (Å²) in [7, 11) is 0. The number of ether oxygens (including phenoxy) is 1. The summed E-state index contributed by atoms with van der Waals surface area (Å²) < 4.78 is 5.73. The molecule has 28 heavy (non-hydrogen) atoms. The van der Waals surface area contributed by atoms with E-state index in [1.165, 1.54) is 5.56 Å². The molecular formula is C24H26N2O2. The Morgan fingerprint density at radius 3 is 2.39 bits per heavy atom. The van der Waals surface area contributed by atoms with Crippen molar-refractivity contribution in [1.82, 2.24) is 5.43 Å². The molecule has 3 rings (SSSR count). The van der Waals surface area contributed by atoms with Gasteiger partial charge in [-0.1, -0.05) is 75.4 Å². The van der Waals surface area contributed by atoms with E-state index in [2.05, 4.69) is 31.3 Å². The van der Waals surface area contributed by atoms with Crippen molar-refractivity contribution in [2.45, 2.75) is 39.2 Å². The van der Waals surface area contributed by atoms with Gasteiger partial charge in [-0.3, -0.25) is 4.79 Å². The zero-order valence-electron chi connectivity index (χ0n) is 16.8. The van der Waals surface area contributed by atoms with E-state index in [1.54, 1.807) is 13.1 Å². The normalized spacial score (nSPS) is 12.9. The van der Waals surface area contributed by atoms with Crippen LogP contribution < -0.4 is 10.2 Å². The molecule has 0 aliphatic rings. The number of rotatable bonds is 5. The van der Waals surface area contributed by atoms with Gasteiger partial charge in [0, 0.05) is 5.56 Å². The fourth-order valence-electron chi connectivity index (χ4n) is 2.91. The summed E-state index contributed by atoms with van der Waals surface area (Å²) in [5.41, 5.74) is 4.81. The summed E-state index contributed by atoms with van der Waals surface area (Å²) in [6, 6.07) is 21.9. The summed E-state index contributed by atoms with van der Waals surface area (Å²) >= 11 is 0. The number of nitrogens with one attached hydrogen (secondary N) is 1. The SMILES string of the molecule is CC(Oc1ccc(C(C)(C)C)cc1)C(=O)N/N=C/c1cccc2ccccc12. The van der Waals surface area contributed by atoms with Crippen molar-refractivity contribution in [3.63, 3.8) is 0 Å².